The summed E-state index contributed by atoms with van der Waals surface area (Å²) < 4.78 is 6.52. The summed E-state index contributed by atoms with van der Waals surface area (Å²) >= 11 is 0. The molecule has 0 spiro atoms. The van der Waals surface area contributed by atoms with E-state index in [0.717, 1.165) is 0 Å². The zero-order valence-electron chi connectivity index (χ0n) is 9.49. The van der Waals surface area contributed by atoms with E-state index in [9.17, 15) is 4.79 Å². The smallest absolute Gasteiger partial charge is 0.360 e. The number of rotatable bonds is 4. The molecule has 0 saturated carbocycles. The molecule has 0 aromatic carbocycles. The zero-order chi connectivity index (χ0) is 12.0. The number of carbonyl (C=O) groups excluding carboxylic acids is 1. The number of aryl methyl sites for hydroxylation is 1. The van der Waals surface area contributed by atoms with E-state index in [1.165, 1.54) is 6.33 Å². The summed E-state index contributed by atoms with van der Waals surface area (Å²) in [4.78, 5) is 15.3. The largest absolute Gasteiger partial charge is 0.461 e. The van der Waals surface area contributed by atoms with E-state index >= 15 is 0 Å². The topological polar surface area (TPSA) is 70.1 Å². The van der Waals surface area contributed by atoms with Crippen LogP contribution in [0.25, 0.3) is 0 Å². The number of aromatic nitrogens is 2. The average molecular weight is 221 g/mol. The van der Waals surface area contributed by atoms with Crippen LogP contribution in [0.1, 0.15) is 30.8 Å². The lowest BCUT2D eigenvalue weighted by Crippen LogP contribution is -2.10. The minimum absolute atomic E-state index is 0.173. The van der Waals surface area contributed by atoms with Crippen LogP contribution in [0.15, 0.2) is 6.33 Å². The highest BCUT2D eigenvalue weighted by molar-refractivity contribution is 5.92. The highest BCUT2D eigenvalue weighted by Gasteiger charge is 2.16. The molecule has 0 aliphatic heterocycles. The number of hydrogen-bond acceptors (Lipinski definition) is 4. The van der Waals surface area contributed by atoms with Gasteiger partial charge in [0.25, 0.3) is 0 Å². The summed E-state index contributed by atoms with van der Waals surface area (Å²) in [6.07, 6.45) is 2.21. The van der Waals surface area contributed by atoms with E-state index < -0.39 is 5.97 Å². The number of nitrogen functional groups attached to an aromatic ring is 1. The Labute approximate surface area is 94.6 Å². The van der Waals surface area contributed by atoms with Crippen molar-refractivity contribution in [3.63, 3.8) is 0 Å². The minimum atomic E-state index is -0.486. The average Bonchev–Trinajstić information content (AvgIpc) is 2.61. The van der Waals surface area contributed by atoms with E-state index in [1.54, 1.807) is 18.4 Å². The molecule has 0 radical (unpaired) electrons. The van der Waals surface area contributed by atoms with Crippen molar-refractivity contribution in [1.29, 1.82) is 0 Å². The Kier molecular flexibility index (Phi) is 4.40. The van der Waals surface area contributed by atoms with Crippen LogP contribution in [-0.2, 0) is 11.3 Å². The third kappa shape index (κ3) is 2.76. The van der Waals surface area contributed by atoms with Crippen molar-refractivity contribution in [3.05, 3.63) is 12.0 Å². The van der Waals surface area contributed by atoms with Crippen LogP contribution in [0.5, 0.6) is 0 Å². The van der Waals surface area contributed by atoms with Crippen molar-refractivity contribution in [2.75, 3.05) is 12.3 Å². The van der Waals surface area contributed by atoms with Crippen LogP contribution >= 0.6 is 0 Å². The lowest BCUT2D eigenvalue weighted by atomic mass is 10.4. The molecule has 1 heterocycles. The van der Waals surface area contributed by atoms with Gasteiger partial charge in [-0.1, -0.05) is 0 Å². The molecule has 0 bridgehead atoms. The summed E-state index contributed by atoms with van der Waals surface area (Å²) in [5, 5.41) is 0. The fraction of sp³-hybridized carbons (Fsp3) is 0.455. The predicted molar refractivity (Wildman–Crippen MR) is 60.7 cm³/mol. The number of ether oxygens (including phenoxy) is 1. The maximum absolute atomic E-state index is 11.4. The van der Waals surface area contributed by atoms with Crippen LogP contribution in [0.4, 0.5) is 5.82 Å². The van der Waals surface area contributed by atoms with Gasteiger partial charge < -0.3 is 15.0 Å². The second-order valence-corrected chi connectivity index (χ2v) is 3.07. The third-order valence-electron chi connectivity index (χ3n) is 2.00. The minimum Gasteiger partial charge on any atom is -0.461 e. The van der Waals surface area contributed by atoms with E-state index in [-0.39, 0.29) is 5.69 Å². The molecule has 0 unspecified atom stereocenters. The highest BCUT2D eigenvalue weighted by Crippen LogP contribution is 2.11. The van der Waals surface area contributed by atoms with Crippen molar-refractivity contribution in [3.8, 4) is 11.8 Å². The first-order valence-electron chi connectivity index (χ1n) is 5.08. The van der Waals surface area contributed by atoms with Crippen LogP contribution < -0.4 is 5.73 Å². The normalized spacial score (nSPS) is 9.38. The van der Waals surface area contributed by atoms with E-state index in [0.29, 0.717) is 25.4 Å². The van der Waals surface area contributed by atoms with Gasteiger partial charge >= 0.3 is 5.97 Å². The SMILES string of the molecule is CC#CCCn1cnc(C(=O)OCC)c1N. The van der Waals surface area contributed by atoms with E-state index in [2.05, 4.69) is 16.8 Å². The summed E-state index contributed by atoms with van der Waals surface area (Å²) in [5.41, 5.74) is 5.94. The quantitative estimate of drug-likeness (QED) is 0.609. The van der Waals surface area contributed by atoms with Gasteiger partial charge in [-0.15, -0.1) is 11.8 Å². The van der Waals surface area contributed by atoms with Gasteiger partial charge in [-0.3, -0.25) is 0 Å². The number of carbonyl (C=O) groups is 1. The molecular weight excluding hydrogens is 206 g/mol. The number of anilines is 1. The molecule has 5 heteroatoms. The number of nitrogens with two attached hydrogens (primary N) is 1. The Balaban J connectivity index is 2.74. The fourth-order valence-corrected chi connectivity index (χ4v) is 1.23. The summed E-state index contributed by atoms with van der Waals surface area (Å²) in [6.45, 7) is 4.45. The fourth-order valence-electron chi connectivity index (χ4n) is 1.23. The Bertz CT molecular complexity index is 426. The number of esters is 1. The van der Waals surface area contributed by atoms with Gasteiger partial charge in [0.15, 0.2) is 5.69 Å². The molecule has 0 atom stereocenters. The van der Waals surface area contributed by atoms with E-state index in [1.807, 2.05) is 0 Å². The van der Waals surface area contributed by atoms with Gasteiger partial charge in [-0.2, -0.15) is 0 Å². The number of imidazole rings is 1. The third-order valence-corrected chi connectivity index (χ3v) is 2.00. The van der Waals surface area contributed by atoms with Crippen molar-refractivity contribution < 1.29 is 9.53 Å². The van der Waals surface area contributed by atoms with Gasteiger partial charge in [-0.05, 0) is 13.8 Å². The molecule has 1 aromatic rings. The molecule has 0 saturated heterocycles. The molecule has 5 nitrogen and oxygen atoms in total. The Morgan fingerprint density at radius 1 is 1.69 bits per heavy atom. The standard InChI is InChI=1S/C11H15N3O2/c1-3-5-6-7-14-8-13-9(10(14)12)11(15)16-4-2/h8H,4,6-7,12H2,1-2H3. The Morgan fingerprint density at radius 2 is 2.44 bits per heavy atom. The van der Waals surface area contributed by atoms with Crippen molar-refractivity contribution in [1.82, 2.24) is 9.55 Å². The summed E-state index contributed by atoms with van der Waals surface area (Å²) in [6, 6.07) is 0. The second-order valence-electron chi connectivity index (χ2n) is 3.07. The predicted octanol–water partition coefficient (Wildman–Crippen LogP) is 1.06. The highest BCUT2D eigenvalue weighted by atomic mass is 16.5. The molecule has 86 valence electrons. The van der Waals surface area contributed by atoms with Crippen LogP contribution in [-0.4, -0.2) is 22.1 Å². The van der Waals surface area contributed by atoms with Crippen molar-refractivity contribution >= 4 is 11.8 Å². The first kappa shape index (κ1) is 12.1. The Hall–Kier alpha value is -1.96. The first-order chi connectivity index (χ1) is 7.70. The number of nitrogens with zero attached hydrogens (tertiary/aromatic N) is 2. The molecule has 1 rings (SSSR count). The van der Waals surface area contributed by atoms with Gasteiger partial charge in [0.05, 0.1) is 12.9 Å². The molecule has 0 amide bonds. The second kappa shape index (κ2) is 5.81. The van der Waals surface area contributed by atoms with Gasteiger partial charge in [-0.25, -0.2) is 9.78 Å². The molecular formula is C11H15N3O2. The van der Waals surface area contributed by atoms with Gasteiger partial charge in [0.1, 0.15) is 5.82 Å². The van der Waals surface area contributed by atoms with Crippen LogP contribution in [0.3, 0.4) is 0 Å². The number of hydrogen-bond donors (Lipinski definition) is 1. The summed E-state index contributed by atoms with van der Waals surface area (Å²) in [7, 11) is 0. The van der Waals surface area contributed by atoms with Gasteiger partial charge in [0.2, 0.25) is 0 Å². The van der Waals surface area contributed by atoms with Gasteiger partial charge in [0, 0.05) is 13.0 Å². The van der Waals surface area contributed by atoms with Crippen molar-refractivity contribution in [2.24, 2.45) is 0 Å². The molecule has 0 aliphatic carbocycles. The van der Waals surface area contributed by atoms with Crippen LogP contribution in [0, 0.1) is 11.8 Å². The maximum atomic E-state index is 11.4. The summed E-state index contributed by atoms with van der Waals surface area (Å²) in [5.74, 6) is 5.55. The van der Waals surface area contributed by atoms with Crippen molar-refractivity contribution in [2.45, 2.75) is 26.8 Å². The van der Waals surface area contributed by atoms with E-state index in [4.69, 9.17) is 10.5 Å². The Morgan fingerprint density at radius 3 is 3.06 bits per heavy atom. The molecule has 16 heavy (non-hydrogen) atoms. The zero-order valence-corrected chi connectivity index (χ0v) is 9.49. The lowest BCUT2D eigenvalue weighted by Gasteiger charge is -2.02. The molecule has 0 fully saturated rings. The molecule has 0 aliphatic rings. The molecule has 1 aromatic heterocycles. The first-order valence-corrected chi connectivity index (χ1v) is 5.08. The lowest BCUT2D eigenvalue weighted by molar-refractivity contribution is 0.0521. The monoisotopic (exact) mass is 221 g/mol. The maximum Gasteiger partial charge on any atom is 0.360 e. The van der Waals surface area contributed by atoms with Crippen LogP contribution in [0.2, 0.25) is 0 Å². The molecule has 2 N–H and O–H groups in total.